The first-order chi connectivity index (χ1) is 5.68. The highest BCUT2D eigenvalue weighted by Crippen LogP contribution is 2.49. The third-order valence-electron chi connectivity index (χ3n) is 2.12. The molecular formula is C8H8ClNOS. The predicted molar refractivity (Wildman–Crippen MR) is 49.4 cm³/mol. The Morgan fingerprint density at radius 1 is 1.67 bits per heavy atom. The molecule has 2 N–H and O–H groups in total. The first-order valence-electron chi connectivity index (χ1n) is 3.73. The lowest BCUT2D eigenvalue weighted by molar-refractivity contribution is -0.119. The maximum Gasteiger partial charge on any atom is 0.221 e. The van der Waals surface area contributed by atoms with Gasteiger partial charge in [-0.3, -0.25) is 4.79 Å². The van der Waals surface area contributed by atoms with Crippen LogP contribution >= 0.6 is 22.9 Å². The number of carbonyl (C=O) groups is 1. The van der Waals surface area contributed by atoms with Crippen LogP contribution in [0.5, 0.6) is 0 Å². The van der Waals surface area contributed by atoms with E-state index in [2.05, 4.69) is 0 Å². The Morgan fingerprint density at radius 3 is 2.83 bits per heavy atom. The molecule has 1 aromatic heterocycles. The van der Waals surface area contributed by atoms with E-state index in [-0.39, 0.29) is 11.8 Å². The molecule has 1 amide bonds. The number of nitrogens with two attached hydrogens (primary N) is 1. The van der Waals surface area contributed by atoms with Crippen molar-refractivity contribution >= 4 is 28.8 Å². The summed E-state index contributed by atoms with van der Waals surface area (Å²) in [5.41, 5.74) is 5.16. The van der Waals surface area contributed by atoms with Crippen LogP contribution in [-0.4, -0.2) is 5.91 Å². The molecule has 0 aliphatic heterocycles. The number of halogens is 1. The fourth-order valence-electron chi connectivity index (χ4n) is 1.35. The summed E-state index contributed by atoms with van der Waals surface area (Å²) in [6.07, 6.45) is 0.895. The second-order valence-electron chi connectivity index (χ2n) is 2.99. The minimum Gasteiger partial charge on any atom is -0.369 e. The van der Waals surface area contributed by atoms with Crippen molar-refractivity contribution in [1.29, 1.82) is 0 Å². The van der Waals surface area contributed by atoms with Gasteiger partial charge in [-0.05, 0) is 18.6 Å². The Kier molecular flexibility index (Phi) is 1.85. The molecule has 1 fully saturated rings. The van der Waals surface area contributed by atoms with E-state index in [1.807, 2.05) is 12.1 Å². The summed E-state index contributed by atoms with van der Waals surface area (Å²) in [7, 11) is 0. The summed E-state index contributed by atoms with van der Waals surface area (Å²) in [6, 6.07) is 3.83. The summed E-state index contributed by atoms with van der Waals surface area (Å²) >= 11 is 7.30. The molecule has 4 heteroatoms. The lowest BCUT2D eigenvalue weighted by Gasteiger charge is -1.90. The van der Waals surface area contributed by atoms with Gasteiger partial charge in [0.15, 0.2) is 0 Å². The van der Waals surface area contributed by atoms with E-state index in [4.69, 9.17) is 17.3 Å². The lowest BCUT2D eigenvalue weighted by atomic mass is 10.2. The highest BCUT2D eigenvalue weighted by atomic mass is 35.5. The fourth-order valence-corrected chi connectivity index (χ4v) is 2.59. The van der Waals surface area contributed by atoms with E-state index in [1.165, 1.54) is 16.2 Å². The van der Waals surface area contributed by atoms with Gasteiger partial charge >= 0.3 is 0 Å². The van der Waals surface area contributed by atoms with Crippen molar-refractivity contribution in [2.45, 2.75) is 12.3 Å². The van der Waals surface area contributed by atoms with Crippen LogP contribution in [0.2, 0.25) is 4.34 Å². The maximum atomic E-state index is 10.7. The smallest absolute Gasteiger partial charge is 0.221 e. The Morgan fingerprint density at radius 2 is 2.42 bits per heavy atom. The number of carbonyl (C=O) groups excluding carboxylic acids is 1. The molecule has 1 saturated carbocycles. The average molecular weight is 202 g/mol. The normalized spacial score (nSPS) is 27.1. The summed E-state index contributed by atoms with van der Waals surface area (Å²) in [5, 5.41) is 0. The molecule has 1 aliphatic rings. The summed E-state index contributed by atoms with van der Waals surface area (Å²) in [4.78, 5) is 11.9. The van der Waals surface area contributed by atoms with Crippen molar-refractivity contribution in [2.75, 3.05) is 0 Å². The van der Waals surface area contributed by atoms with E-state index in [1.54, 1.807) is 0 Å². The van der Waals surface area contributed by atoms with Crippen molar-refractivity contribution < 1.29 is 4.79 Å². The third-order valence-corrected chi connectivity index (χ3v) is 3.48. The first-order valence-corrected chi connectivity index (χ1v) is 4.92. The molecule has 0 aromatic carbocycles. The number of thiophene rings is 1. The molecular weight excluding hydrogens is 194 g/mol. The fraction of sp³-hybridized carbons (Fsp3) is 0.375. The standard InChI is InChI=1S/C8H8ClNOS/c9-7-2-1-6(12-7)4-3-5(4)8(10)11/h1-2,4-5H,3H2,(H2,10,11)/t4-,5-/m1/s1. The van der Waals surface area contributed by atoms with Crippen molar-refractivity contribution in [3.63, 3.8) is 0 Å². The van der Waals surface area contributed by atoms with Crippen molar-refractivity contribution in [3.05, 3.63) is 21.3 Å². The minimum absolute atomic E-state index is 0.0553. The molecule has 0 radical (unpaired) electrons. The van der Waals surface area contributed by atoms with Gasteiger partial charge in [-0.15, -0.1) is 11.3 Å². The maximum absolute atomic E-state index is 10.7. The SMILES string of the molecule is NC(=O)[C@@H]1C[C@H]1c1ccc(Cl)s1. The van der Waals surface area contributed by atoms with Gasteiger partial charge in [0.25, 0.3) is 0 Å². The number of hydrogen-bond acceptors (Lipinski definition) is 2. The van der Waals surface area contributed by atoms with Crippen LogP contribution < -0.4 is 5.73 Å². The van der Waals surface area contributed by atoms with Gasteiger partial charge in [0.1, 0.15) is 0 Å². The van der Waals surface area contributed by atoms with E-state index in [0.29, 0.717) is 5.92 Å². The van der Waals surface area contributed by atoms with Crippen LogP contribution in [-0.2, 0) is 4.79 Å². The number of hydrogen-bond donors (Lipinski definition) is 1. The molecule has 2 atom stereocenters. The van der Waals surface area contributed by atoms with Gasteiger partial charge in [-0.1, -0.05) is 11.6 Å². The Hall–Kier alpha value is -0.540. The molecule has 0 spiro atoms. The topological polar surface area (TPSA) is 43.1 Å². The molecule has 2 nitrogen and oxygen atoms in total. The predicted octanol–water partition coefficient (Wildman–Crippen LogP) is 1.99. The molecule has 64 valence electrons. The quantitative estimate of drug-likeness (QED) is 0.782. The Labute approximate surface area is 79.3 Å². The minimum atomic E-state index is -0.190. The van der Waals surface area contributed by atoms with Gasteiger partial charge in [0.05, 0.1) is 4.34 Å². The van der Waals surface area contributed by atoms with Crippen molar-refractivity contribution in [3.8, 4) is 0 Å². The van der Waals surface area contributed by atoms with E-state index < -0.39 is 0 Å². The van der Waals surface area contributed by atoms with E-state index in [0.717, 1.165) is 10.8 Å². The second kappa shape index (κ2) is 2.75. The van der Waals surface area contributed by atoms with Crippen LogP contribution in [0, 0.1) is 5.92 Å². The zero-order valence-corrected chi connectivity index (χ0v) is 7.86. The zero-order chi connectivity index (χ0) is 8.72. The highest BCUT2D eigenvalue weighted by molar-refractivity contribution is 7.16. The van der Waals surface area contributed by atoms with Crippen LogP contribution in [0.25, 0.3) is 0 Å². The molecule has 1 aliphatic carbocycles. The van der Waals surface area contributed by atoms with Crippen molar-refractivity contribution in [1.82, 2.24) is 0 Å². The molecule has 0 saturated heterocycles. The lowest BCUT2D eigenvalue weighted by Crippen LogP contribution is -2.13. The number of rotatable bonds is 2. The average Bonchev–Trinajstić information content (AvgIpc) is 2.70. The largest absolute Gasteiger partial charge is 0.369 e. The van der Waals surface area contributed by atoms with E-state index >= 15 is 0 Å². The van der Waals surface area contributed by atoms with Crippen LogP contribution in [0.15, 0.2) is 12.1 Å². The number of primary amides is 1. The summed E-state index contributed by atoms with van der Waals surface area (Å²) < 4.78 is 0.778. The summed E-state index contributed by atoms with van der Waals surface area (Å²) in [5.74, 6) is 0.212. The van der Waals surface area contributed by atoms with Crippen molar-refractivity contribution in [2.24, 2.45) is 11.7 Å². The number of amides is 1. The molecule has 12 heavy (non-hydrogen) atoms. The Bertz CT molecular complexity index is 323. The second-order valence-corrected chi connectivity index (χ2v) is 4.74. The van der Waals surface area contributed by atoms with Gasteiger partial charge in [-0.25, -0.2) is 0 Å². The van der Waals surface area contributed by atoms with Crippen LogP contribution in [0.1, 0.15) is 17.2 Å². The monoisotopic (exact) mass is 201 g/mol. The van der Waals surface area contributed by atoms with E-state index in [9.17, 15) is 4.79 Å². The molecule has 2 rings (SSSR count). The molecule has 0 bridgehead atoms. The summed E-state index contributed by atoms with van der Waals surface area (Å²) in [6.45, 7) is 0. The zero-order valence-electron chi connectivity index (χ0n) is 6.29. The molecule has 0 unspecified atom stereocenters. The molecule has 1 heterocycles. The van der Waals surface area contributed by atoms with Gasteiger partial charge < -0.3 is 5.73 Å². The molecule has 1 aromatic rings. The third kappa shape index (κ3) is 1.34. The van der Waals surface area contributed by atoms with Gasteiger partial charge in [0.2, 0.25) is 5.91 Å². The van der Waals surface area contributed by atoms with Gasteiger partial charge in [-0.2, -0.15) is 0 Å². The highest BCUT2D eigenvalue weighted by Gasteiger charge is 2.43. The van der Waals surface area contributed by atoms with Gasteiger partial charge in [0, 0.05) is 16.7 Å². The van der Waals surface area contributed by atoms with Crippen LogP contribution in [0.3, 0.4) is 0 Å². The Balaban J connectivity index is 2.10. The van der Waals surface area contributed by atoms with Crippen LogP contribution in [0.4, 0.5) is 0 Å². The first kappa shape index (κ1) is 8.08.